The highest BCUT2D eigenvalue weighted by atomic mass is 19.1. The Morgan fingerprint density at radius 1 is 1.12 bits per heavy atom. The molecule has 1 unspecified atom stereocenters. The molecule has 1 aliphatic heterocycles. The maximum atomic E-state index is 14.1. The molecule has 0 fully saturated rings. The molecule has 0 saturated carbocycles. The first kappa shape index (κ1) is 20.8. The number of hydrogen-bond acceptors (Lipinski definition) is 5. The van der Waals surface area contributed by atoms with Crippen LogP contribution >= 0.6 is 0 Å². The van der Waals surface area contributed by atoms with E-state index in [0.717, 1.165) is 5.56 Å². The summed E-state index contributed by atoms with van der Waals surface area (Å²) in [6.45, 7) is 1.000. The number of pyridine rings is 1. The number of rotatable bonds is 4. The van der Waals surface area contributed by atoms with Gasteiger partial charge in [0, 0.05) is 23.9 Å². The number of aliphatic hydroxyl groups excluding tert-OH is 1. The fourth-order valence-electron chi connectivity index (χ4n) is 3.87. The van der Waals surface area contributed by atoms with Gasteiger partial charge < -0.3 is 14.7 Å². The summed E-state index contributed by atoms with van der Waals surface area (Å²) in [5.41, 5.74) is 2.93. The number of halogens is 1. The van der Waals surface area contributed by atoms with Gasteiger partial charge in [0.2, 0.25) is 0 Å². The van der Waals surface area contributed by atoms with E-state index in [1.165, 1.54) is 6.07 Å². The molecule has 2 N–H and O–H groups in total. The number of carbonyl (C=O) groups excluding carboxylic acids is 1. The molecule has 1 amide bonds. The molecule has 0 aliphatic carbocycles. The summed E-state index contributed by atoms with van der Waals surface area (Å²) in [6.07, 6.45) is 0.741. The first-order valence-corrected chi connectivity index (χ1v) is 10.5. The first-order valence-electron chi connectivity index (χ1n) is 10.5. The van der Waals surface area contributed by atoms with E-state index in [1.54, 1.807) is 59.6 Å². The van der Waals surface area contributed by atoms with Crippen molar-refractivity contribution in [1.29, 1.82) is 0 Å². The average Bonchev–Trinajstić information content (AvgIpc) is 3.24. The second kappa shape index (κ2) is 8.84. The lowest BCUT2D eigenvalue weighted by Crippen LogP contribution is -2.32. The van der Waals surface area contributed by atoms with Crippen LogP contribution in [0.2, 0.25) is 0 Å². The van der Waals surface area contributed by atoms with Crippen molar-refractivity contribution in [3.63, 3.8) is 0 Å². The van der Waals surface area contributed by atoms with E-state index in [9.17, 15) is 14.3 Å². The molecule has 0 saturated heterocycles. The summed E-state index contributed by atoms with van der Waals surface area (Å²) in [4.78, 5) is 19.0. The lowest BCUT2D eigenvalue weighted by molar-refractivity contribution is 0.0727. The number of nitrogens with zero attached hydrogens (tertiary/aromatic N) is 3. The number of H-pyrrole nitrogens is 1. The molecular weight excluding hydrogens is 423 g/mol. The van der Waals surface area contributed by atoms with Gasteiger partial charge in [0.15, 0.2) is 0 Å². The molecule has 2 aromatic carbocycles. The molecule has 0 spiro atoms. The molecule has 2 aromatic heterocycles. The van der Waals surface area contributed by atoms with Crippen molar-refractivity contribution in [3.8, 4) is 17.0 Å². The van der Waals surface area contributed by atoms with Crippen molar-refractivity contribution >= 4 is 5.91 Å². The number of benzene rings is 2. The second-order valence-corrected chi connectivity index (χ2v) is 7.75. The zero-order valence-corrected chi connectivity index (χ0v) is 17.6. The van der Waals surface area contributed by atoms with Gasteiger partial charge >= 0.3 is 0 Å². The van der Waals surface area contributed by atoms with Crippen molar-refractivity contribution in [2.45, 2.75) is 12.6 Å². The minimum atomic E-state index is -0.889. The van der Waals surface area contributed by atoms with Crippen molar-refractivity contribution in [2.24, 2.45) is 0 Å². The van der Waals surface area contributed by atoms with E-state index in [0.29, 0.717) is 48.0 Å². The van der Waals surface area contributed by atoms with Crippen LogP contribution in [-0.4, -0.2) is 44.2 Å². The van der Waals surface area contributed by atoms with Crippen molar-refractivity contribution in [1.82, 2.24) is 20.1 Å². The predicted octanol–water partition coefficient (Wildman–Crippen LogP) is 3.73. The number of carbonyl (C=O) groups is 1. The van der Waals surface area contributed by atoms with Crippen LogP contribution in [0.5, 0.6) is 5.75 Å². The Labute approximate surface area is 189 Å². The Bertz CT molecular complexity index is 1290. The lowest BCUT2D eigenvalue weighted by atomic mass is 10.0. The SMILES string of the molecule is O=C(c1cc(-c2ccccc2F)n[nH]1)N1CCOc2ccc(C(O)c3ccccn3)cc2C1. The summed E-state index contributed by atoms with van der Waals surface area (Å²) >= 11 is 0. The van der Waals surface area contributed by atoms with Crippen LogP contribution in [0.3, 0.4) is 0 Å². The molecule has 33 heavy (non-hydrogen) atoms. The van der Waals surface area contributed by atoms with Crippen LogP contribution in [0.1, 0.15) is 33.4 Å². The van der Waals surface area contributed by atoms with E-state index >= 15 is 0 Å². The van der Waals surface area contributed by atoms with Crippen molar-refractivity contribution in [2.75, 3.05) is 13.2 Å². The summed E-state index contributed by atoms with van der Waals surface area (Å²) in [7, 11) is 0. The molecule has 166 valence electrons. The number of aliphatic hydroxyl groups is 1. The quantitative estimate of drug-likeness (QED) is 0.501. The summed E-state index contributed by atoms with van der Waals surface area (Å²) in [6, 6.07) is 18.6. The Kier molecular flexibility index (Phi) is 5.58. The van der Waals surface area contributed by atoms with Gasteiger partial charge in [0.05, 0.1) is 17.9 Å². The smallest absolute Gasteiger partial charge is 0.272 e. The van der Waals surface area contributed by atoms with E-state index in [1.807, 2.05) is 12.1 Å². The topological polar surface area (TPSA) is 91.3 Å². The van der Waals surface area contributed by atoms with E-state index in [2.05, 4.69) is 15.2 Å². The fourth-order valence-corrected chi connectivity index (χ4v) is 3.87. The summed E-state index contributed by atoms with van der Waals surface area (Å²) in [5, 5.41) is 17.6. The third-order valence-corrected chi connectivity index (χ3v) is 5.59. The maximum Gasteiger partial charge on any atom is 0.272 e. The third-order valence-electron chi connectivity index (χ3n) is 5.59. The van der Waals surface area contributed by atoms with Crippen LogP contribution in [0.4, 0.5) is 4.39 Å². The van der Waals surface area contributed by atoms with Gasteiger partial charge in [0.25, 0.3) is 5.91 Å². The highest BCUT2D eigenvalue weighted by molar-refractivity contribution is 5.93. The van der Waals surface area contributed by atoms with Gasteiger partial charge in [-0.05, 0) is 48.0 Å². The fraction of sp³-hybridized carbons (Fsp3) is 0.160. The number of aromatic nitrogens is 3. The molecule has 3 heterocycles. The van der Waals surface area contributed by atoms with Gasteiger partial charge in [-0.15, -0.1) is 0 Å². The van der Waals surface area contributed by atoms with Crippen LogP contribution < -0.4 is 4.74 Å². The van der Waals surface area contributed by atoms with Crippen molar-refractivity contribution in [3.05, 3.63) is 101 Å². The van der Waals surface area contributed by atoms with Crippen molar-refractivity contribution < 1.29 is 19.0 Å². The van der Waals surface area contributed by atoms with Crippen LogP contribution in [0.15, 0.2) is 72.9 Å². The number of aromatic amines is 1. The molecule has 8 heteroatoms. The number of ether oxygens (including phenoxy) is 1. The largest absolute Gasteiger partial charge is 0.491 e. The standard InChI is InChI=1S/C25H21FN4O3/c26-19-6-2-1-5-18(19)21-14-22(29-28-21)25(32)30-11-12-33-23-9-8-16(13-17(23)15-30)24(31)20-7-3-4-10-27-20/h1-10,13-14,24,31H,11-12,15H2,(H,28,29). The number of nitrogens with one attached hydrogen (secondary N) is 1. The van der Waals surface area contributed by atoms with Crippen LogP contribution in [-0.2, 0) is 6.54 Å². The highest BCUT2D eigenvalue weighted by Gasteiger charge is 2.24. The van der Waals surface area contributed by atoms with Gasteiger partial charge in [-0.25, -0.2) is 4.39 Å². The zero-order chi connectivity index (χ0) is 22.8. The second-order valence-electron chi connectivity index (χ2n) is 7.75. The Morgan fingerprint density at radius 2 is 1.97 bits per heavy atom. The summed E-state index contributed by atoms with van der Waals surface area (Å²) < 4.78 is 19.9. The Balaban J connectivity index is 1.39. The number of fused-ring (bicyclic) bond motifs is 1. The molecule has 0 bridgehead atoms. The van der Waals surface area contributed by atoms with E-state index in [4.69, 9.17) is 4.74 Å². The third kappa shape index (κ3) is 4.20. The Hall–Kier alpha value is -4.04. The Morgan fingerprint density at radius 3 is 2.79 bits per heavy atom. The monoisotopic (exact) mass is 444 g/mol. The van der Waals surface area contributed by atoms with Gasteiger partial charge in [-0.3, -0.25) is 14.9 Å². The number of hydrogen-bond donors (Lipinski definition) is 2. The minimum absolute atomic E-state index is 0.265. The zero-order valence-electron chi connectivity index (χ0n) is 17.6. The van der Waals surface area contributed by atoms with E-state index in [-0.39, 0.29) is 11.6 Å². The minimum Gasteiger partial charge on any atom is -0.491 e. The first-order chi connectivity index (χ1) is 16.1. The molecule has 7 nitrogen and oxygen atoms in total. The predicted molar refractivity (Wildman–Crippen MR) is 119 cm³/mol. The molecule has 0 radical (unpaired) electrons. The number of amides is 1. The average molecular weight is 444 g/mol. The molecular formula is C25H21FN4O3. The highest BCUT2D eigenvalue weighted by Crippen LogP contribution is 2.29. The van der Waals surface area contributed by atoms with Gasteiger partial charge in [-0.1, -0.05) is 24.3 Å². The normalized spacial score (nSPS) is 14.2. The lowest BCUT2D eigenvalue weighted by Gasteiger charge is -2.19. The van der Waals surface area contributed by atoms with Gasteiger partial charge in [-0.2, -0.15) is 5.10 Å². The molecule has 4 aromatic rings. The molecule has 5 rings (SSSR count). The van der Waals surface area contributed by atoms with E-state index < -0.39 is 11.9 Å². The maximum absolute atomic E-state index is 14.1. The van der Waals surface area contributed by atoms with Crippen LogP contribution in [0, 0.1) is 5.82 Å². The molecule has 1 atom stereocenters. The van der Waals surface area contributed by atoms with Gasteiger partial charge in [0.1, 0.15) is 30.0 Å². The molecule has 1 aliphatic rings. The summed E-state index contributed by atoms with van der Waals surface area (Å²) in [5.74, 6) is -0.00441. The van der Waals surface area contributed by atoms with Crippen LogP contribution in [0.25, 0.3) is 11.3 Å².